The fraction of sp³-hybridized carbons (Fsp3) is 0.154. The average molecular weight is 310 g/mol. The lowest BCUT2D eigenvalue weighted by Crippen LogP contribution is -2.29. The summed E-state index contributed by atoms with van der Waals surface area (Å²) in [7, 11) is 0. The zero-order valence-electron chi connectivity index (χ0n) is 9.82. The highest BCUT2D eigenvalue weighted by molar-refractivity contribution is 9.10. The molecule has 1 atom stereocenters. The Labute approximate surface area is 113 Å². The third-order valence-corrected chi connectivity index (χ3v) is 3.43. The predicted molar refractivity (Wildman–Crippen MR) is 72.2 cm³/mol. The molecule has 0 amide bonds. The minimum absolute atomic E-state index is 0.298. The second-order valence-electron chi connectivity index (χ2n) is 4.00. The summed E-state index contributed by atoms with van der Waals surface area (Å²) < 4.78 is 14.1. The predicted octanol–water partition coefficient (Wildman–Crippen LogP) is 2.84. The van der Waals surface area contributed by atoms with Gasteiger partial charge in [-0.3, -0.25) is 10.8 Å². The lowest BCUT2D eigenvalue weighted by molar-refractivity contribution is 0.602. The molecular weight excluding hydrogens is 297 g/mol. The van der Waals surface area contributed by atoms with Crippen LogP contribution in [-0.4, -0.2) is 4.98 Å². The molecule has 0 saturated heterocycles. The summed E-state index contributed by atoms with van der Waals surface area (Å²) in [5.74, 6) is 5.28. The zero-order chi connectivity index (χ0) is 13.1. The van der Waals surface area contributed by atoms with Crippen LogP contribution in [0.25, 0.3) is 0 Å². The summed E-state index contributed by atoms with van der Waals surface area (Å²) in [6.45, 7) is 1.91. The van der Waals surface area contributed by atoms with E-state index in [9.17, 15) is 4.39 Å². The Bertz CT molecular complexity index is 542. The van der Waals surface area contributed by atoms with Crippen LogP contribution in [0.2, 0.25) is 0 Å². The number of hydrogen-bond donors (Lipinski definition) is 2. The first-order chi connectivity index (χ1) is 8.61. The maximum atomic E-state index is 13.3. The van der Waals surface area contributed by atoms with Crippen LogP contribution in [0.5, 0.6) is 0 Å². The number of pyridine rings is 1. The molecule has 0 spiro atoms. The van der Waals surface area contributed by atoms with Gasteiger partial charge in [0.2, 0.25) is 0 Å². The number of aryl methyl sites for hydroxylation is 1. The Morgan fingerprint density at radius 1 is 1.33 bits per heavy atom. The Kier molecular flexibility index (Phi) is 4.06. The van der Waals surface area contributed by atoms with E-state index in [0.29, 0.717) is 0 Å². The number of halogens is 2. The maximum Gasteiger partial charge on any atom is 0.123 e. The second-order valence-corrected chi connectivity index (χ2v) is 4.85. The summed E-state index contributed by atoms with van der Waals surface area (Å²) in [5.41, 5.74) is 5.23. The van der Waals surface area contributed by atoms with Crippen molar-refractivity contribution in [1.29, 1.82) is 0 Å². The molecule has 1 aromatic carbocycles. The molecule has 3 N–H and O–H groups in total. The molecular formula is C13H13BrFN3. The molecule has 0 saturated carbocycles. The van der Waals surface area contributed by atoms with Gasteiger partial charge >= 0.3 is 0 Å². The van der Waals surface area contributed by atoms with Crippen LogP contribution in [-0.2, 0) is 0 Å². The number of benzene rings is 1. The third-order valence-electron chi connectivity index (χ3n) is 2.70. The summed E-state index contributed by atoms with van der Waals surface area (Å²) in [4.78, 5) is 4.22. The normalized spacial score (nSPS) is 12.4. The van der Waals surface area contributed by atoms with Gasteiger partial charge in [-0.15, -0.1) is 0 Å². The average Bonchev–Trinajstić information content (AvgIpc) is 2.37. The molecule has 1 aromatic heterocycles. The molecule has 1 heterocycles. The standard InChI is InChI=1S/C13H13BrFN3/c1-8-2-3-9(7-17-8)13(18-16)11-6-10(15)4-5-12(11)14/h2-7,13,18H,16H2,1H3. The number of nitrogens with zero attached hydrogens (tertiary/aromatic N) is 1. The molecule has 0 aliphatic carbocycles. The number of hydrogen-bond acceptors (Lipinski definition) is 3. The second kappa shape index (κ2) is 5.56. The Balaban J connectivity index is 2.44. The molecule has 0 bridgehead atoms. The van der Waals surface area contributed by atoms with Crippen LogP contribution < -0.4 is 11.3 Å². The SMILES string of the molecule is Cc1ccc(C(NN)c2cc(F)ccc2Br)cn1. The highest BCUT2D eigenvalue weighted by Gasteiger charge is 2.16. The van der Waals surface area contributed by atoms with Crippen molar-refractivity contribution >= 4 is 15.9 Å². The molecule has 0 aliphatic heterocycles. The Morgan fingerprint density at radius 3 is 2.72 bits per heavy atom. The number of aromatic nitrogens is 1. The molecule has 3 nitrogen and oxygen atoms in total. The molecule has 0 aliphatic rings. The minimum atomic E-state index is -0.303. The highest BCUT2D eigenvalue weighted by Crippen LogP contribution is 2.28. The van der Waals surface area contributed by atoms with Crippen molar-refractivity contribution in [3.63, 3.8) is 0 Å². The van der Waals surface area contributed by atoms with Crippen molar-refractivity contribution in [1.82, 2.24) is 10.4 Å². The van der Waals surface area contributed by atoms with Gasteiger partial charge in [-0.2, -0.15) is 0 Å². The number of nitrogens with two attached hydrogens (primary N) is 1. The van der Waals surface area contributed by atoms with Gasteiger partial charge in [-0.25, -0.2) is 9.82 Å². The molecule has 0 fully saturated rings. The summed E-state index contributed by atoms with van der Waals surface area (Å²) >= 11 is 3.40. The van der Waals surface area contributed by atoms with Crippen molar-refractivity contribution in [3.8, 4) is 0 Å². The van der Waals surface area contributed by atoms with Crippen LogP contribution in [0.1, 0.15) is 22.9 Å². The lowest BCUT2D eigenvalue weighted by atomic mass is 10.0. The van der Waals surface area contributed by atoms with Crippen LogP contribution in [0.4, 0.5) is 4.39 Å². The van der Waals surface area contributed by atoms with E-state index in [1.54, 1.807) is 12.3 Å². The fourth-order valence-electron chi connectivity index (χ4n) is 1.75. The fourth-order valence-corrected chi connectivity index (χ4v) is 2.23. The van der Waals surface area contributed by atoms with E-state index in [4.69, 9.17) is 5.84 Å². The van der Waals surface area contributed by atoms with Crippen LogP contribution in [0, 0.1) is 12.7 Å². The van der Waals surface area contributed by atoms with Crippen LogP contribution in [0.15, 0.2) is 41.0 Å². The smallest absolute Gasteiger partial charge is 0.123 e. The monoisotopic (exact) mass is 309 g/mol. The lowest BCUT2D eigenvalue weighted by Gasteiger charge is -2.18. The van der Waals surface area contributed by atoms with Gasteiger partial charge in [0.15, 0.2) is 0 Å². The van der Waals surface area contributed by atoms with Gasteiger partial charge in [0.05, 0.1) is 6.04 Å². The van der Waals surface area contributed by atoms with E-state index in [1.165, 1.54) is 12.1 Å². The first-order valence-corrected chi connectivity index (χ1v) is 6.24. The van der Waals surface area contributed by atoms with Crippen molar-refractivity contribution in [3.05, 3.63) is 63.6 Å². The summed E-state index contributed by atoms with van der Waals surface area (Å²) in [6.07, 6.45) is 1.73. The van der Waals surface area contributed by atoms with E-state index >= 15 is 0 Å². The first-order valence-electron chi connectivity index (χ1n) is 5.45. The third kappa shape index (κ3) is 2.75. The van der Waals surface area contributed by atoms with Crippen molar-refractivity contribution in [2.24, 2.45) is 5.84 Å². The Morgan fingerprint density at radius 2 is 2.11 bits per heavy atom. The molecule has 94 valence electrons. The summed E-state index contributed by atoms with van der Waals surface area (Å²) in [5, 5.41) is 0. The quantitative estimate of drug-likeness (QED) is 0.677. The number of hydrazine groups is 1. The summed E-state index contributed by atoms with van der Waals surface area (Å²) in [6, 6.07) is 8.03. The van der Waals surface area contributed by atoms with Crippen molar-refractivity contribution in [2.45, 2.75) is 13.0 Å². The molecule has 2 rings (SSSR count). The zero-order valence-corrected chi connectivity index (χ0v) is 11.4. The molecule has 18 heavy (non-hydrogen) atoms. The van der Waals surface area contributed by atoms with Crippen molar-refractivity contribution in [2.75, 3.05) is 0 Å². The first kappa shape index (κ1) is 13.1. The van der Waals surface area contributed by atoms with Crippen LogP contribution in [0.3, 0.4) is 0 Å². The van der Waals surface area contributed by atoms with Gasteiger partial charge in [0.25, 0.3) is 0 Å². The Hall–Kier alpha value is -1.30. The van der Waals surface area contributed by atoms with E-state index in [0.717, 1.165) is 21.3 Å². The van der Waals surface area contributed by atoms with E-state index in [2.05, 4.69) is 26.3 Å². The number of rotatable bonds is 3. The topological polar surface area (TPSA) is 50.9 Å². The van der Waals surface area contributed by atoms with Gasteiger partial charge in [-0.05, 0) is 42.3 Å². The van der Waals surface area contributed by atoms with E-state index in [-0.39, 0.29) is 11.9 Å². The largest absolute Gasteiger partial charge is 0.271 e. The molecule has 5 heteroatoms. The number of nitrogens with one attached hydrogen (secondary N) is 1. The van der Waals surface area contributed by atoms with Gasteiger partial charge in [0.1, 0.15) is 5.82 Å². The molecule has 1 unspecified atom stereocenters. The van der Waals surface area contributed by atoms with Gasteiger partial charge < -0.3 is 0 Å². The van der Waals surface area contributed by atoms with Crippen molar-refractivity contribution < 1.29 is 4.39 Å². The maximum absolute atomic E-state index is 13.3. The minimum Gasteiger partial charge on any atom is -0.271 e. The highest BCUT2D eigenvalue weighted by atomic mass is 79.9. The van der Waals surface area contributed by atoms with Crippen LogP contribution >= 0.6 is 15.9 Å². The van der Waals surface area contributed by atoms with E-state index in [1.807, 2.05) is 19.1 Å². The molecule has 0 radical (unpaired) electrons. The van der Waals surface area contributed by atoms with E-state index < -0.39 is 0 Å². The van der Waals surface area contributed by atoms with Gasteiger partial charge in [-0.1, -0.05) is 22.0 Å². The molecule has 2 aromatic rings. The van der Waals surface area contributed by atoms with Gasteiger partial charge in [0, 0.05) is 16.4 Å².